The van der Waals surface area contributed by atoms with Crippen LogP contribution in [0.4, 0.5) is 10.1 Å². The lowest BCUT2D eigenvalue weighted by Gasteiger charge is -2.07. The Balaban J connectivity index is 1.74. The van der Waals surface area contributed by atoms with Gasteiger partial charge in [-0.25, -0.2) is 14.1 Å². The summed E-state index contributed by atoms with van der Waals surface area (Å²) < 4.78 is 20.0. The lowest BCUT2D eigenvalue weighted by Crippen LogP contribution is -2.17. The second-order valence-corrected chi connectivity index (χ2v) is 6.97. The SMILES string of the molecule is NC(=O)c1c2cc(Br)c([N+](=O)[O-])cc2nn1-c1ccc(Oc2ccc(F)cc2)nc1. The minimum atomic E-state index is -0.759. The topological polar surface area (TPSA) is 126 Å². The molecule has 0 atom stereocenters. The van der Waals surface area contributed by atoms with Crippen LogP contribution in [-0.4, -0.2) is 25.6 Å². The van der Waals surface area contributed by atoms with Gasteiger partial charge < -0.3 is 10.5 Å². The zero-order valence-electron chi connectivity index (χ0n) is 15.0. The Labute approximate surface area is 176 Å². The molecule has 2 aromatic carbocycles. The third kappa shape index (κ3) is 3.57. The van der Waals surface area contributed by atoms with Gasteiger partial charge in [-0.2, -0.15) is 5.10 Å². The molecular weight excluding hydrogens is 461 g/mol. The highest BCUT2D eigenvalue weighted by Gasteiger charge is 2.22. The molecule has 2 aromatic heterocycles. The molecule has 0 unspecified atom stereocenters. The minimum Gasteiger partial charge on any atom is -0.439 e. The van der Waals surface area contributed by atoms with E-state index in [2.05, 4.69) is 26.0 Å². The van der Waals surface area contributed by atoms with Crippen LogP contribution in [-0.2, 0) is 0 Å². The van der Waals surface area contributed by atoms with E-state index >= 15 is 0 Å². The fourth-order valence-electron chi connectivity index (χ4n) is 2.84. The van der Waals surface area contributed by atoms with E-state index in [9.17, 15) is 19.3 Å². The number of amides is 1. The fourth-order valence-corrected chi connectivity index (χ4v) is 3.33. The van der Waals surface area contributed by atoms with Crippen LogP contribution < -0.4 is 10.5 Å². The number of halogens is 2. The maximum absolute atomic E-state index is 13.0. The zero-order valence-corrected chi connectivity index (χ0v) is 16.5. The van der Waals surface area contributed by atoms with E-state index < -0.39 is 10.8 Å². The van der Waals surface area contributed by atoms with Crippen molar-refractivity contribution in [3.05, 3.63) is 80.8 Å². The highest BCUT2D eigenvalue weighted by molar-refractivity contribution is 9.10. The number of primary amides is 1. The number of hydrogen-bond acceptors (Lipinski definition) is 6. The van der Waals surface area contributed by atoms with Crippen molar-refractivity contribution in [3.63, 3.8) is 0 Å². The Morgan fingerprint density at radius 2 is 1.93 bits per heavy atom. The predicted molar refractivity (Wildman–Crippen MR) is 108 cm³/mol. The van der Waals surface area contributed by atoms with Crippen molar-refractivity contribution in [2.45, 2.75) is 0 Å². The number of hydrogen-bond donors (Lipinski definition) is 1. The van der Waals surface area contributed by atoms with Crippen molar-refractivity contribution in [2.75, 3.05) is 0 Å². The van der Waals surface area contributed by atoms with E-state index in [1.165, 1.54) is 53.3 Å². The zero-order chi connectivity index (χ0) is 21.4. The molecule has 2 heterocycles. The minimum absolute atomic E-state index is 0.0506. The van der Waals surface area contributed by atoms with Gasteiger partial charge in [0.15, 0.2) is 0 Å². The van der Waals surface area contributed by atoms with E-state index in [4.69, 9.17) is 10.5 Å². The molecule has 0 bridgehead atoms. The molecule has 30 heavy (non-hydrogen) atoms. The van der Waals surface area contributed by atoms with Crippen LogP contribution in [0.1, 0.15) is 10.5 Å². The van der Waals surface area contributed by atoms with Crippen LogP contribution in [0, 0.1) is 15.9 Å². The monoisotopic (exact) mass is 471 g/mol. The maximum atomic E-state index is 13.0. The van der Waals surface area contributed by atoms with Crippen molar-refractivity contribution >= 4 is 38.4 Å². The summed E-state index contributed by atoms with van der Waals surface area (Å²) in [4.78, 5) is 26.8. The number of nitrogens with zero attached hydrogens (tertiary/aromatic N) is 4. The van der Waals surface area contributed by atoms with E-state index in [0.29, 0.717) is 16.8 Å². The molecule has 150 valence electrons. The number of nitrogens with two attached hydrogens (primary N) is 1. The quantitative estimate of drug-likeness (QED) is 0.344. The third-order valence-electron chi connectivity index (χ3n) is 4.17. The van der Waals surface area contributed by atoms with Crippen LogP contribution in [0.2, 0.25) is 0 Å². The average Bonchev–Trinajstić information content (AvgIpc) is 3.08. The van der Waals surface area contributed by atoms with Gasteiger partial charge in [0.2, 0.25) is 5.88 Å². The first-order chi connectivity index (χ1) is 14.3. The molecule has 0 aliphatic rings. The fraction of sp³-hybridized carbons (Fsp3) is 0. The van der Waals surface area contributed by atoms with Crippen LogP contribution in [0.5, 0.6) is 11.6 Å². The molecule has 0 aliphatic heterocycles. The molecule has 4 rings (SSSR count). The molecule has 0 fully saturated rings. The number of fused-ring (bicyclic) bond motifs is 1. The van der Waals surface area contributed by atoms with Gasteiger partial charge in [0.05, 0.1) is 21.3 Å². The Bertz CT molecular complexity index is 1290. The maximum Gasteiger partial charge on any atom is 0.285 e. The van der Waals surface area contributed by atoms with Crippen LogP contribution in [0.3, 0.4) is 0 Å². The third-order valence-corrected chi connectivity index (χ3v) is 4.81. The number of aromatic nitrogens is 3. The average molecular weight is 472 g/mol. The summed E-state index contributed by atoms with van der Waals surface area (Å²) in [6.07, 6.45) is 1.40. The standard InChI is InChI=1S/C19H11BrFN5O4/c20-14-7-13-15(8-16(14)26(28)29)24-25(18(13)19(22)27)11-3-6-17(23-9-11)30-12-4-1-10(21)2-5-12/h1-9H,(H2,22,27). The van der Waals surface area contributed by atoms with Gasteiger partial charge >= 0.3 is 0 Å². The summed E-state index contributed by atoms with van der Waals surface area (Å²) in [5.74, 6) is -0.510. The van der Waals surface area contributed by atoms with Gasteiger partial charge in [-0.3, -0.25) is 14.9 Å². The van der Waals surface area contributed by atoms with Gasteiger partial charge in [-0.15, -0.1) is 0 Å². The Kier molecular flexibility index (Phi) is 4.88. The molecule has 0 saturated heterocycles. The van der Waals surface area contributed by atoms with Gasteiger partial charge in [-0.1, -0.05) is 0 Å². The van der Waals surface area contributed by atoms with Crippen molar-refractivity contribution < 1.29 is 18.8 Å². The molecule has 2 N–H and O–H groups in total. The second kappa shape index (κ2) is 7.52. The molecule has 1 amide bonds. The Hall–Kier alpha value is -3.86. The second-order valence-electron chi connectivity index (χ2n) is 6.11. The predicted octanol–water partition coefficient (Wildman–Crippen LogP) is 4.12. The molecule has 0 aliphatic carbocycles. The van der Waals surface area contributed by atoms with Crippen LogP contribution >= 0.6 is 15.9 Å². The van der Waals surface area contributed by atoms with Crippen LogP contribution in [0.25, 0.3) is 16.6 Å². The number of carbonyl (C=O) groups excluding carboxylic acids is 1. The van der Waals surface area contributed by atoms with Crippen molar-refractivity contribution in [1.29, 1.82) is 0 Å². The van der Waals surface area contributed by atoms with E-state index in [-0.39, 0.29) is 33.1 Å². The molecule has 0 saturated carbocycles. The number of benzene rings is 2. The number of nitro groups is 1. The summed E-state index contributed by atoms with van der Waals surface area (Å²) in [6, 6.07) is 11.2. The smallest absolute Gasteiger partial charge is 0.285 e. The number of nitro benzene ring substituents is 1. The highest BCUT2D eigenvalue weighted by atomic mass is 79.9. The van der Waals surface area contributed by atoms with Crippen LogP contribution in [0.15, 0.2) is 59.2 Å². The first kappa shape index (κ1) is 19.5. The van der Waals surface area contributed by atoms with E-state index in [1.54, 1.807) is 6.07 Å². The Morgan fingerprint density at radius 3 is 2.53 bits per heavy atom. The number of carbonyl (C=O) groups is 1. The number of ether oxygens (including phenoxy) is 1. The Morgan fingerprint density at radius 1 is 1.20 bits per heavy atom. The lowest BCUT2D eigenvalue weighted by atomic mass is 10.2. The van der Waals surface area contributed by atoms with Gasteiger partial charge in [0.1, 0.15) is 22.8 Å². The van der Waals surface area contributed by atoms with Crippen molar-refractivity contribution in [1.82, 2.24) is 14.8 Å². The summed E-state index contributed by atoms with van der Waals surface area (Å²) in [6.45, 7) is 0. The van der Waals surface area contributed by atoms with Gasteiger partial charge in [0, 0.05) is 17.5 Å². The first-order valence-electron chi connectivity index (χ1n) is 8.40. The molecule has 4 aromatic rings. The van der Waals surface area contributed by atoms with E-state index in [0.717, 1.165) is 0 Å². The summed E-state index contributed by atoms with van der Waals surface area (Å²) in [7, 11) is 0. The summed E-state index contributed by atoms with van der Waals surface area (Å²) in [5.41, 5.74) is 6.01. The van der Waals surface area contributed by atoms with Crippen molar-refractivity contribution in [2.24, 2.45) is 5.73 Å². The first-order valence-corrected chi connectivity index (χ1v) is 9.19. The molecule has 11 heteroatoms. The highest BCUT2D eigenvalue weighted by Crippen LogP contribution is 2.32. The summed E-state index contributed by atoms with van der Waals surface area (Å²) >= 11 is 3.13. The van der Waals surface area contributed by atoms with Crippen molar-refractivity contribution in [3.8, 4) is 17.3 Å². The summed E-state index contributed by atoms with van der Waals surface area (Å²) in [5, 5.41) is 15.8. The number of rotatable bonds is 5. The molecule has 0 radical (unpaired) electrons. The molecular formula is C19H11BrFN5O4. The van der Waals surface area contributed by atoms with Gasteiger partial charge in [-0.05, 0) is 52.3 Å². The normalized spacial score (nSPS) is 10.9. The number of pyridine rings is 1. The van der Waals surface area contributed by atoms with Gasteiger partial charge in [0.25, 0.3) is 11.6 Å². The molecule has 9 nitrogen and oxygen atoms in total. The molecule has 0 spiro atoms. The lowest BCUT2D eigenvalue weighted by molar-refractivity contribution is -0.385. The van der Waals surface area contributed by atoms with E-state index in [1.807, 2.05) is 0 Å². The largest absolute Gasteiger partial charge is 0.439 e.